The van der Waals surface area contributed by atoms with E-state index in [1.54, 1.807) is 0 Å². The number of hydrogen-bond acceptors (Lipinski definition) is 4. The molecule has 1 aliphatic rings. The number of ether oxygens (including phenoxy) is 1. The maximum atomic E-state index is 12.0. The third-order valence-electron chi connectivity index (χ3n) is 1.39. The number of rotatable bonds is 2. The molecule has 6 heteroatoms. The van der Waals surface area contributed by atoms with Crippen molar-refractivity contribution in [3.8, 4) is 0 Å². The lowest BCUT2D eigenvalue weighted by Crippen LogP contribution is -2.41. The molecule has 0 aliphatic carbocycles. The van der Waals surface area contributed by atoms with Gasteiger partial charge in [-0.2, -0.15) is 8.42 Å². The predicted octanol–water partition coefficient (Wildman–Crippen LogP) is -0.726. The van der Waals surface area contributed by atoms with Crippen LogP contribution in [0.2, 0.25) is 0 Å². The van der Waals surface area contributed by atoms with Crippen molar-refractivity contribution in [2.24, 2.45) is 0 Å². The first-order valence-corrected chi connectivity index (χ1v) is 4.88. The normalized spacial score (nSPS) is 26.8. The quantitative estimate of drug-likeness (QED) is 0.574. The molecule has 1 heterocycles. The van der Waals surface area contributed by atoms with E-state index in [1.165, 1.54) is 0 Å². The summed E-state index contributed by atoms with van der Waals surface area (Å²) >= 11 is 0. The van der Waals surface area contributed by atoms with E-state index in [9.17, 15) is 12.3 Å². The lowest BCUT2D eigenvalue weighted by molar-refractivity contribution is 0.0425. The van der Waals surface area contributed by atoms with Crippen LogP contribution in [-0.2, 0) is 15.0 Å². The molecule has 0 aromatic carbocycles. The number of halogens is 1. The molecule has 0 aromatic rings. The van der Waals surface area contributed by atoms with Crippen LogP contribution in [0, 0.1) is 0 Å². The van der Waals surface area contributed by atoms with Gasteiger partial charge in [0.2, 0.25) is 0 Å². The zero-order chi connectivity index (χ0) is 8.32. The molecule has 1 rings (SSSR count). The van der Waals surface area contributed by atoms with Crippen LogP contribution in [0.5, 0.6) is 0 Å². The van der Waals surface area contributed by atoms with E-state index in [4.69, 9.17) is 4.74 Å². The topological polar surface area (TPSA) is 55.4 Å². The van der Waals surface area contributed by atoms with E-state index in [0.29, 0.717) is 19.7 Å². The van der Waals surface area contributed by atoms with E-state index < -0.39 is 22.1 Å². The average molecular weight is 183 g/mol. The summed E-state index contributed by atoms with van der Waals surface area (Å²) in [5, 5.41) is 2.90. The van der Waals surface area contributed by atoms with Gasteiger partial charge in [-0.3, -0.25) is 0 Å². The molecule has 0 radical (unpaired) electrons. The maximum Gasteiger partial charge on any atom is 0.305 e. The van der Waals surface area contributed by atoms with Gasteiger partial charge in [-0.15, -0.1) is 3.89 Å². The van der Waals surface area contributed by atoms with Crippen LogP contribution in [0.4, 0.5) is 3.89 Å². The van der Waals surface area contributed by atoms with Gasteiger partial charge in [0.15, 0.2) is 0 Å². The van der Waals surface area contributed by atoms with Gasteiger partial charge in [0.1, 0.15) is 5.75 Å². The van der Waals surface area contributed by atoms with Crippen molar-refractivity contribution >= 4 is 10.2 Å². The fraction of sp³-hybridized carbons (Fsp3) is 1.00. The van der Waals surface area contributed by atoms with Crippen molar-refractivity contribution in [3.63, 3.8) is 0 Å². The smallest absolute Gasteiger partial charge is 0.305 e. The molecule has 0 unspecified atom stereocenters. The Morgan fingerprint density at radius 2 is 2.36 bits per heavy atom. The average Bonchev–Trinajstić information content (AvgIpc) is 1.85. The lowest BCUT2D eigenvalue weighted by atomic mass is 10.3. The highest BCUT2D eigenvalue weighted by Crippen LogP contribution is 2.01. The molecule has 4 nitrogen and oxygen atoms in total. The molecular formula is C5H10FNO3S. The number of morpholine rings is 1. The van der Waals surface area contributed by atoms with Crippen molar-refractivity contribution in [2.45, 2.75) is 6.10 Å². The Kier molecular flexibility index (Phi) is 2.80. The first-order valence-electron chi connectivity index (χ1n) is 3.32. The molecule has 0 spiro atoms. The van der Waals surface area contributed by atoms with Crippen molar-refractivity contribution in [3.05, 3.63) is 0 Å². The summed E-state index contributed by atoms with van der Waals surface area (Å²) in [5.41, 5.74) is 0. The SMILES string of the molecule is O=S(=O)(F)C[C@H]1CNCCO1. The predicted molar refractivity (Wildman–Crippen MR) is 37.5 cm³/mol. The lowest BCUT2D eigenvalue weighted by Gasteiger charge is -2.21. The molecule has 0 aromatic heterocycles. The second kappa shape index (κ2) is 3.46. The minimum absolute atomic E-state index is 0.406. The fourth-order valence-electron chi connectivity index (χ4n) is 0.949. The second-order valence-electron chi connectivity index (χ2n) is 2.40. The number of nitrogens with one attached hydrogen (secondary N) is 1. The summed E-state index contributed by atoms with van der Waals surface area (Å²) in [5.74, 6) is -0.542. The minimum Gasteiger partial charge on any atom is -0.374 e. The molecule has 0 amide bonds. The first-order chi connectivity index (χ1) is 5.08. The zero-order valence-electron chi connectivity index (χ0n) is 5.92. The van der Waals surface area contributed by atoms with Gasteiger partial charge >= 0.3 is 10.2 Å². The van der Waals surface area contributed by atoms with Crippen LogP contribution in [0.15, 0.2) is 0 Å². The molecule has 11 heavy (non-hydrogen) atoms. The highest BCUT2D eigenvalue weighted by atomic mass is 32.3. The summed E-state index contributed by atoms with van der Waals surface area (Å²) in [6, 6.07) is 0. The van der Waals surface area contributed by atoms with Crippen LogP contribution in [0.3, 0.4) is 0 Å². The van der Waals surface area contributed by atoms with Crippen LogP contribution in [0.25, 0.3) is 0 Å². The Labute approximate surface area is 64.9 Å². The molecule has 1 N–H and O–H groups in total. The van der Waals surface area contributed by atoms with Gasteiger partial charge in [0, 0.05) is 13.1 Å². The summed E-state index contributed by atoms with van der Waals surface area (Å²) < 4.78 is 37.3. The Balaban J connectivity index is 2.36. The third-order valence-corrected chi connectivity index (χ3v) is 2.16. The van der Waals surface area contributed by atoms with Gasteiger partial charge < -0.3 is 10.1 Å². The van der Waals surface area contributed by atoms with Crippen molar-refractivity contribution in [1.82, 2.24) is 5.32 Å². The van der Waals surface area contributed by atoms with E-state index in [0.717, 1.165) is 0 Å². The Morgan fingerprint density at radius 3 is 2.82 bits per heavy atom. The minimum atomic E-state index is -4.39. The standard InChI is InChI=1S/C5H10FNO3S/c6-11(8,9)4-5-3-7-1-2-10-5/h5,7H,1-4H2/t5-/m1/s1. The van der Waals surface area contributed by atoms with E-state index >= 15 is 0 Å². The Hall–Kier alpha value is -0.200. The van der Waals surface area contributed by atoms with Gasteiger partial charge in [0.25, 0.3) is 0 Å². The first kappa shape index (κ1) is 8.89. The molecule has 1 atom stereocenters. The van der Waals surface area contributed by atoms with Gasteiger partial charge in [-0.05, 0) is 0 Å². The van der Waals surface area contributed by atoms with Gasteiger partial charge in [-0.1, -0.05) is 0 Å². The fourth-order valence-corrected chi connectivity index (χ4v) is 1.61. The second-order valence-corrected chi connectivity index (χ2v) is 3.81. The van der Waals surface area contributed by atoms with Gasteiger partial charge in [0.05, 0.1) is 12.7 Å². The van der Waals surface area contributed by atoms with Gasteiger partial charge in [-0.25, -0.2) is 0 Å². The molecule has 0 saturated carbocycles. The molecule has 0 bridgehead atoms. The molecular weight excluding hydrogens is 173 g/mol. The van der Waals surface area contributed by atoms with Crippen LogP contribution >= 0.6 is 0 Å². The number of hydrogen-bond donors (Lipinski definition) is 1. The summed E-state index contributed by atoms with van der Waals surface area (Å²) in [4.78, 5) is 0. The zero-order valence-corrected chi connectivity index (χ0v) is 6.73. The summed E-state index contributed by atoms with van der Waals surface area (Å²) in [6.07, 6.45) is -0.529. The highest BCUT2D eigenvalue weighted by Gasteiger charge is 2.20. The van der Waals surface area contributed by atoms with Crippen molar-refractivity contribution < 1.29 is 17.0 Å². The van der Waals surface area contributed by atoms with Crippen molar-refractivity contribution in [2.75, 3.05) is 25.4 Å². The van der Waals surface area contributed by atoms with Crippen molar-refractivity contribution in [1.29, 1.82) is 0 Å². The molecule has 66 valence electrons. The summed E-state index contributed by atoms with van der Waals surface area (Å²) in [7, 11) is -4.39. The largest absolute Gasteiger partial charge is 0.374 e. The van der Waals surface area contributed by atoms with E-state index in [-0.39, 0.29) is 0 Å². The molecule has 1 saturated heterocycles. The molecule has 1 fully saturated rings. The van der Waals surface area contributed by atoms with E-state index in [1.807, 2.05) is 0 Å². The van der Waals surface area contributed by atoms with Crippen LogP contribution in [-0.4, -0.2) is 40.0 Å². The van der Waals surface area contributed by atoms with E-state index in [2.05, 4.69) is 5.32 Å². The maximum absolute atomic E-state index is 12.0. The summed E-state index contributed by atoms with van der Waals surface area (Å²) in [6.45, 7) is 1.55. The monoisotopic (exact) mass is 183 g/mol. The van der Waals surface area contributed by atoms with Crippen LogP contribution in [0.1, 0.15) is 0 Å². The van der Waals surface area contributed by atoms with Crippen LogP contribution < -0.4 is 5.32 Å². The Bertz CT molecular complexity index is 210. The molecule has 1 aliphatic heterocycles. The Morgan fingerprint density at radius 1 is 1.64 bits per heavy atom. The highest BCUT2D eigenvalue weighted by molar-refractivity contribution is 7.86. The third kappa shape index (κ3) is 3.64.